The molecule has 3 nitrogen and oxygen atoms in total. The first-order chi connectivity index (χ1) is 5.60. The second-order valence-corrected chi connectivity index (χ2v) is 3.17. The van der Waals surface area contributed by atoms with Crippen molar-refractivity contribution in [1.82, 2.24) is 0 Å². The minimum absolute atomic E-state index is 0.134. The molecule has 0 saturated carbocycles. The molecule has 0 saturated heterocycles. The van der Waals surface area contributed by atoms with Crippen molar-refractivity contribution in [2.75, 3.05) is 6.61 Å². The molecule has 0 rings (SSSR count). The summed E-state index contributed by atoms with van der Waals surface area (Å²) in [4.78, 5) is 10.4. The van der Waals surface area contributed by atoms with Gasteiger partial charge in [-0.05, 0) is 19.3 Å². The molecule has 0 radical (unpaired) electrons. The molecular weight excluding hydrogens is 154 g/mol. The fraction of sp³-hybridized carbons (Fsp3) is 0.889. The van der Waals surface area contributed by atoms with Crippen LogP contribution < -0.4 is 5.73 Å². The fourth-order valence-corrected chi connectivity index (χ4v) is 1.28. The fourth-order valence-electron chi connectivity index (χ4n) is 1.28. The highest BCUT2D eigenvalue weighted by Gasteiger charge is 2.25. The predicted octanol–water partition coefficient (Wildman–Crippen LogP) is 2.30. The molecule has 0 aliphatic carbocycles. The standard InChI is InChI=1S/C9H19NO2/c1-4-9(5-2,6-3)7-12-8(10)11/h4-7H2,1-3H3,(H2,10,11). The zero-order valence-corrected chi connectivity index (χ0v) is 8.22. The van der Waals surface area contributed by atoms with Crippen molar-refractivity contribution >= 4 is 6.09 Å². The molecule has 0 aliphatic rings. The van der Waals surface area contributed by atoms with Crippen LogP contribution in [0.5, 0.6) is 0 Å². The average molecular weight is 173 g/mol. The number of amides is 1. The van der Waals surface area contributed by atoms with Gasteiger partial charge in [0, 0.05) is 5.41 Å². The highest BCUT2D eigenvalue weighted by molar-refractivity contribution is 5.64. The average Bonchev–Trinajstić information content (AvgIpc) is 2.08. The van der Waals surface area contributed by atoms with E-state index >= 15 is 0 Å². The monoisotopic (exact) mass is 173 g/mol. The van der Waals surface area contributed by atoms with Crippen molar-refractivity contribution in [2.45, 2.75) is 40.0 Å². The van der Waals surface area contributed by atoms with E-state index in [2.05, 4.69) is 20.8 Å². The molecule has 0 heterocycles. The van der Waals surface area contributed by atoms with Crippen LogP contribution in [0.25, 0.3) is 0 Å². The van der Waals surface area contributed by atoms with Gasteiger partial charge in [0.15, 0.2) is 0 Å². The van der Waals surface area contributed by atoms with Crippen molar-refractivity contribution < 1.29 is 9.53 Å². The molecule has 0 fully saturated rings. The van der Waals surface area contributed by atoms with Gasteiger partial charge in [0.2, 0.25) is 0 Å². The SMILES string of the molecule is CCC(CC)(CC)COC(N)=O. The topological polar surface area (TPSA) is 52.3 Å². The maximum absolute atomic E-state index is 10.4. The van der Waals surface area contributed by atoms with Gasteiger partial charge in [-0.25, -0.2) is 4.79 Å². The number of carbonyl (C=O) groups is 1. The van der Waals surface area contributed by atoms with Crippen LogP contribution in [0.4, 0.5) is 4.79 Å². The Morgan fingerprint density at radius 3 is 1.92 bits per heavy atom. The van der Waals surface area contributed by atoms with Gasteiger partial charge in [0.05, 0.1) is 6.61 Å². The van der Waals surface area contributed by atoms with Crippen LogP contribution in [0, 0.1) is 5.41 Å². The summed E-state index contributed by atoms with van der Waals surface area (Å²) in [6, 6.07) is 0. The first-order valence-corrected chi connectivity index (χ1v) is 4.52. The van der Waals surface area contributed by atoms with Crippen molar-refractivity contribution in [1.29, 1.82) is 0 Å². The molecule has 0 bridgehead atoms. The lowest BCUT2D eigenvalue weighted by Crippen LogP contribution is -2.28. The normalized spacial score (nSPS) is 11.2. The Morgan fingerprint density at radius 2 is 1.67 bits per heavy atom. The van der Waals surface area contributed by atoms with Crippen LogP contribution in [-0.2, 0) is 4.74 Å². The molecule has 12 heavy (non-hydrogen) atoms. The van der Waals surface area contributed by atoms with Gasteiger partial charge < -0.3 is 10.5 Å². The number of carbonyl (C=O) groups excluding carboxylic acids is 1. The van der Waals surface area contributed by atoms with E-state index < -0.39 is 6.09 Å². The molecule has 2 N–H and O–H groups in total. The second kappa shape index (κ2) is 5.01. The van der Waals surface area contributed by atoms with Gasteiger partial charge in [-0.3, -0.25) is 0 Å². The molecule has 72 valence electrons. The number of hydrogen-bond donors (Lipinski definition) is 1. The van der Waals surface area contributed by atoms with Crippen LogP contribution in [-0.4, -0.2) is 12.7 Å². The Labute approximate surface area is 74.3 Å². The predicted molar refractivity (Wildman–Crippen MR) is 48.8 cm³/mol. The van der Waals surface area contributed by atoms with E-state index in [9.17, 15) is 4.79 Å². The molecule has 0 spiro atoms. The van der Waals surface area contributed by atoms with E-state index in [-0.39, 0.29) is 5.41 Å². The van der Waals surface area contributed by atoms with Crippen molar-refractivity contribution in [3.8, 4) is 0 Å². The summed E-state index contributed by atoms with van der Waals surface area (Å²) in [6.45, 7) is 6.78. The number of primary amides is 1. The number of ether oxygens (including phenoxy) is 1. The van der Waals surface area contributed by atoms with E-state index in [4.69, 9.17) is 10.5 Å². The lowest BCUT2D eigenvalue weighted by atomic mass is 9.81. The minimum Gasteiger partial charge on any atom is -0.449 e. The first-order valence-electron chi connectivity index (χ1n) is 4.52. The summed E-state index contributed by atoms with van der Waals surface area (Å²) in [5.41, 5.74) is 5.04. The minimum atomic E-state index is -0.672. The molecule has 3 heteroatoms. The summed E-state index contributed by atoms with van der Waals surface area (Å²) in [7, 11) is 0. The summed E-state index contributed by atoms with van der Waals surface area (Å²) in [5, 5.41) is 0. The van der Waals surface area contributed by atoms with E-state index in [1.807, 2.05) is 0 Å². The van der Waals surface area contributed by atoms with Crippen LogP contribution >= 0.6 is 0 Å². The van der Waals surface area contributed by atoms with Gasteiger partial charge in [-0.1, -0.05) is 20.8 Å². The lowest BCUT2D eigenvalue weighted by molar-refractivity contribution is 0.0788. The second-order valence-electron chi connectivity index (χ2n) is 3.17. The summed E-state index contributed by atoms with van der Waals surface area (Å²) < 4.78 is 4.82. The smallest absolute Gasteiger partial charge is 0.404 e. The van der Waals surface area contributed by atoms with E-state index in [0.717, 1.165) is 19.3 Å². The van der Waals surface area contributed by atoms with Gasteiger partial charge in [0.25, 0.3) is 0 Å². The Bertz CT molecular complexity index is 133. The number of nitrogens with two attached hydrogens (primary N) is 1. The third-order valence-electron chi connectivity index (χ3n) is 2.77. The zero-order chi connectivity index (χ0) is 9.61. The lowest BCUT2D eigenvalue weighted by Gasteiger charge is -2.29. The highest BCUT2D eigenvalue weighted by Crippen LogP contribution is 2.30. The van der Waals surface area contributed by atoms with Crippen LogP contribution in [0.3, 0.4) is 0 Å². The summed E-state index contributed by atoms with van der Waals surface area (Å²) >= 11 is 0. The number of hydrogen-bond acceptors (Lipinski definition) is 2. The van der Waals surface area contributed by atoms with Gasteiger partial charge in [-0.15, -0.1) is 0 Å². The highest BCUT2D eigenvalue weighted by atomic mass is 16.5. The van der Waals surface area contributed by atoms with E-state index in [1.165, 1.54) is 0 Å². The molecule has 0 aromatic carbocycles. The Hall–Kier alpha value is -0.730. The van der Waals surface area contributed by atoms with Gasteiger partial charge >= 0.3 is 6.09 Å². The first kappa shape index (κ1) is 11.3. The van der Waals surface area contributed by atoms with Crippen molar-refractivity contribution in [3.05, 3.63) is 0 Å². The Balaban J connectivity index is 4.01. The molecule has 0 aromatic rings. The summed E-state index contributed by atoms with van der Waals surface area (Å²) in [5.74, 6) is 0. The van der Waals surface area contributed by atoms with Gasteiger partial charge in [0.1, 0.15) is 0 Å². The van der Waals surface area contributed by atoms with Gasteiger partial charge in [-0.2, -0.15) is 0 Å². The Kier molecular flexibility index (Phi) is 4.71. The molecule has 1 amide bonds. The quantitative estimate of drug-likeness (QED) is 0.693. The van der Waals surface area contributed by atoms with Crippen LogP contribution in [0.2, 0.25) is 0 Å². The molecule has 0 atom stereocenters. The summed E-state index contributed by atoms with van der Waals surface area (Å²) in [6.07, 6.45) is 2.39. The zero-order valence-electron chi connectivity index (χ0n) is 8.22. The largest absolute Gasteiger partial charge is 0.449 e. The van der Waals surface area contributed by atoms with Crippen molar-refractivity contribution in [3.63, 3.8) is 0 Å². The number of rotatable bonds is 5. The maximum Gasteiger partial charge on any atom is 0.404 e. The third-order valence-corrected chi connectivity index (χ3v) is 2.77. The van der Waals surface area contributed by atoms with Crippen molar-refractivity contribution in [2.24, 2.45) is 11.1 Å². The van der Waals surface area contributed by atoms with Crippen LogP contribution in [0.1, 0.15) is 40.0 Å². The molecule has 0 unspecified atom stereocenters. The molecule has 0 aromatic heterocycles. The van der Waals surface area contributed by atoms with E-state index in [0.29, 0.717) is 6.61 Å². The maximum atomic E-state index is 10.4. The van der Waals surface area contributed by atoms with Crippen LogP contribution in [0.15, 0.2) is 0 Å². The molecular formula is C9H19NO2. The molecule has 0 aliphatic heterocycles. The Morgan fingerprint density at radius 1 is 1.25 bits per heavy atom. The third kappa shape index (κ3) is 3.11. The van der Waals surface area contributed by atoms with E-state index in [1.54, 1.807) is 0 Å².